The summed E-state index contributed by atoms with van der Waals surface area (Å²) in [7, 11) is 0. The van der Waals surface area contributed by atoms with Crippen LogP contribution in [-0.4, -0.2) is 27.7 Å². The highest BCUT2D eigenvalue weighted by Crippen LogP contribution is 2.37. The van der Waals surface area contributed by atoms with E-state index >= 15 is 0 Å². The maximum atomic E-state index is 12.2. The fourth-order valence-electron chi connectivity index (χ4n) is 2.46. The van der Waals surface area contributed by atoms with E-state index in [0.717, 1.165) is 10.9 Å². The molecule has 3 rings (SSSR count). The number of aromatic hydroxyl groups is 1. The molecule has 130 valence electrons. The lowest BCUT2D eigenvalue weighted by atomic mass is 10.2. The van der Waals surface area contributed by atoms with Crippen LogP contribution in [0.1, 0.15) is 28.0 Å². The average molecular weight is 378 g/mol. The zero-order valence-corrected chi connectivity index (χ0v) is 15.5. The summed E-state index contributed by atoms with van der Waals surface area (Å²) in [5.74, 6) is 0.724. The van der Waals surface area contributed by atoms with E-state index < -0.39 is 0 Å². The molecule has 2 heterocycles. The van der Waals surface area contributed by atoms with Crippen molar-refractivity contribution in [2.75, 3.05) is 11.9 Å². The first-order valence-corrected chi connectivity index (χ1v) is 8.80. The van der Waals surface area contributed by atoms with Crippen LogP contribution in [0.5, 0.6) is 5.75 Å². The van der Waals surface area contributed by atoms with Crippen molar-refractivity contribution in [2.45, 2.75) is 20.8 Å². The molecule has 6 nitrogen and oxygen atoms in total. The van der Waals surface area contributed by atoms with E-state index in [4.69, 9.17) is 16.3 Å². The van der Waals surface area contributed by atoms with Gasteiger partial charge in [-0.1, -0.05) is 11.6 Å². The molecule has 0 aliphatic carbocycles. The monoisotopic (exact) mass is 377 g/mol. The van der Waals surface area contributed by atoms with Gasteiger partial charge in [0.05, 0.1) is 17.7 Å². The van der Waals surface area contributed by atoms with Crippen LogP contribution in [0.15, 0.2) is 18.2 Å². The topological polar surface area (TPSA) is 84.3 Å². The molecule has 0 aliphatic rings. The van der Waals surface area contributed by atoms with Gasteiger partial charge in [-0.15, -0.1) is 11.3 Å². The normalized spacial score (nSPS) is 10.9. The molecule has 0 spiro atoms. The van der Waals surface area contributed by atoms with E-state index in [0.29, 0.717) is 38.7 Å². The molecule has 2 aromatic heterocycles. The summed E-state index contributed by atoms with van der Waals surface area (Å²) >= 11 is 7.27. The first-order valence-electron chi connectivity index (χ1n) is 7.61. The Morgan fingerprint density at radius 2 is 2.12 bits per heavy atom. The number of nitrogens with one attached hydrogen (secondary N) is 1. The molecule has 0 saturated carbocycles. The van der Waals surface area contributed by atoms with Crippen LogP contribution in [-0.2, 0) is 4.74 Å². The van der Waals surface area contributed by atoms with Crippen LogP contribution in [0.4, 0.5) is 11.5 Å². The Kier molecular flexibility index (Phi) is 4.78. The second-order valence-electron chi connectivity index (χ2n) is 5.36. The number of carbonyl (C=O) groups is 1. The first-order chi connectivity index (χ1) is 11.9. The third-order valence-corrected chi connectivity index (χ3v) is 4.98. The van der Waals surface area contributed by atoms with Gasteiger partial charge in [0.25, 0.3) is 0 Å². The standard InChI is InChI=1S/C17H16ClN3O3S/c1-4-24-17(23)14-8(2)13-15(19-9(3)20-16(13)25-14)21-11-7-10(18)5-6-12(11)22/h5-7,22H,4H2,1-3H3,(H,19,20,21). The third kappa shape index (κ3) is 3.38. The van der Waals surface area contributed by atoms with Crippen molar-refractivity contribution >= 4 is 50.6 Å². The quantitative estimate of drug-likeness (QED) is 0.511. The number of phenolic OH excluding ortho intramolecular Hbond substituents is 1. The Hall–Kier alpha value is -2.38. The first kappa shape index (κ1) is 17.4. The number of nitrogens with zero attached hydrogens (tertiary/aromatic N) is 2. The highest BCUT2D eigenvalue weighted by Gasteiger charge is 2.21. The number of benzene rings is 1. The molecule has 0 fully saturated rings. The summed E-state index contributed by atoms with van der Waals surface area (Å²) in [6, 6.07) is 4.70. The number of anilines is 2. The molecule has 2 N–H and O–H groups in total. The van der Waals surface area contributed by atoms with Gasteiger partial charge in [-0.05, 0) is 44.5 Å². The molecule has 25 heavy (non-hydrogen) atoms. The van der Waals surface area contributed by atoms with E-state index in [1.54, 1.807) is 26.0 Å². The Bertz CT molecular complexity index is 971. The van der Waals surface area contributed by atoms with Crippen molar-refractivity contribution in [1.29, 1.82) is 0 Å². The minimum atomic E-state index is -0.378. The van der Waals surface area contributed by atoms with Gasteiger partial charge in [0.1, 0.15) is 27.1 Å². The van der Waals surface area contributed by atoms with Crippen molar-refractivity contribution in [3.63, 3.8) is 0 Å². The summed E-state index contributed by atoms with van der Waals surface area (Å²) in [5, 5.41) is 14.3. The number of aromatic nitrogens is 2. The van der Waals surface area contributed by atoms with Crippen LogP contribution in [0.2, 0.25) is 5.02 Å². The van der Waals surface area contributed by atoms with Gasteiger partial charge in [0, 0.05) is 5.02 Å². The highest BCUT2D eigenvalue weighted by atomic mass is 35.5. The van der Waals surface area contributed by atoms with Crippen molar-refractivity contribution < 1.29 is 14.6 Å². The molecule has 0 radical (unpaired) electrons. The largest absolute Gasteiger partial charge is 0.506 e. The molecule has 0 bridgehead atoms. The summed E-state index contributed by atoms with van der Waals surface area (Å²) in [6.45, 7) is 5.66. The van der Waals surface area contributed by atoms with E-state index in [2.05, 4.69) is 15.3 Å². The van der Waals surface area contributed by atoms with Crippen LogP contribution >= 0.6 is 22.9 Å². The number of fused-ring (bicyclic) bond motifs is 1. The number of thiophene rings is 1. The second-order valence-corrected chi connectivity index (χ2v) is 6.80. The molecule has 0 amide bonds. The highest BCUT2D eigenvalue weighted by molar-refractivity contribution is 7.20. The molecule has 1 aromatic carbocycles. The molecular weight excluding hydrogens is 362 g/mol. The number of esters is 1. The lowest BCUT2D eigenvalue weighted by molar-refractivity contribution is 0.0531. The number of rotatable bonds is 4. The number of phenols is 1. The number of hydrogen-bond donors (Lipinski definition) is 2. The average Bonchev–Trinajstić information content (AvgIpc) is 2.88. The fourth-order valence-corrected chi connectivity index (χ4v) is 3.76. The van der Waals surface area contributed by atoms with Crippen LogP contribution < -0.4 is 5.32 Å². The number of ether oxygens (including phenoxy) is 1. The smallest absolute Gasteiger partial charge is 0.348 e. The van der Waals surface area contributed by atoms with Gasteiger partial charge in [0.15, 0.2) is 0 Å². The molecule has 0 atom stereocenters. The molecule has 0 saturated heterocycles. The van der Waals surface area contributed by atoms with E-state index in [-0.39, 0.29) is 11.7 Å². The molecule has 0 unspecified atom stereocenters. The van der Waals surface area contributed by atoms with Gasteiger partial charge in [-0.3, -0.25) is 0 Å². The number of halogens is 1. The van der Waals surface area contributed by atoms with Crippen molar-refractivity contribution in [1.82, 2.24) is 9.97 Å². The lowest BCUT2D eigenvalue weighted by Gasteiger charge is -2.10. The number of carbonyl (C=O) groups excluding carboxylic acids is 1. The SMILES string of the molecule is CCOC(=O)c1sc2nc(C)nc(Nc3cc(Cl)ccc3O)c2c1C. The Balaban J connectivity index is 2.14. The summed E-state index contributed by atoms with van der Waals surface area (Å²) in [5.41, 5.74) is 1.16. The maximum absolute atomic E-state index is 12.2. The van der Waals surface area contributed by atoms with Gasteiger partial charge < -0.3 is 15.2 Å². The number of hydrogen-bond acceptors (Lipinski definition) is 7. The van der Waals surface area contributed by atoms with Gasteiger partial charge in [-0.25, -0.2) is 14.8 Å². The zero-order valence-electron chi connectivity index (χ0n) is 13.9. The van der Waals surface area contributed by atoms with E-state index in [1.807, 2.05) is 6.92 Å². The van der Waals surface area contributed by atoms with E-state index in [9.17, 15) is 9.90 Å². The Morgan fingerprint density at radius 1 is 1.36 bits per heavy atom. The minimum absolute atomic E-state index is 0.0484. The molecule has 8 heteroatoms. The van der Waals surface area contributed by atoms with Crippen molar-refractivity contribution in [2.24, 2.45) is 0 Å². The lowest BCUT2D eigenvalue weighted by Crippen LogP contribution is -2.04. The van der Waals surface area contributed by atoms with Gasteiger partial charge in [-0.2, -0.15) is 0 Å². The summed E-state index contributed by atoms with van der Waals surface area (Å²) in [6.07, 6.45) is 0. The van der Waals surface area contributed by atoms with Crippen molar-refractivity contribution in [3.8, 4) is 5.75 Å². The van der Waals surface area contributed by atoms with Gasteiger partial charge >= 0.3 is 5.97 Å². The maximum Gasteiger partial charge on any atom is 0.348 e. The Morgan fingerprint density at radius 3 is 2.84 bits per heavy atom. The fraction of sp³-hybridized carbons (Fsp3) is 0.235. The number of aryl methyl sites for hydroxylation is 2. The summed E-state index contributed by atoms with van der Waals surface area (Å²) in [4.78, 5) is 22.2. The Labute approximate surface area is 153 Å². The summed E-state index contributed by atoms with van der Waals surface area (Å²) < 4.78 is 5.11. The predicted molar refractivity (Wildman–Crippen MR) is 99.2 cm³/mol. The van der Waals surface area contributed by atoms with Crippen LogP contribution in [0, 0.1) is 13.8 Å². The van der Waals surface area contributed by atoms with E-state index in [1.165, 1.54) is 17.4 Å². The van der Waals surface area contributed by atoms with Crippen LogP contribution in [0.25, 0.3) is 10.2 Å². The van der Waals surface area contributed by atoms with Gasteiger partial charge in [0.2, 0.25) is 0 Å². The third-order valence-electron chi connectivity index (χ3n) is 3.57. The zero-order chi connectivity index (χ0) is 18.1. The minimum Gasteiger partial charge on any atom is -0.506 e. The predicted octanol–water partition coefficient (Wildman–Crippen LogP) is 4.59. The molecular formula is C17H16ClN3O3S. The van der Waals surface area contributed by atoms with Crippen molar-refractivity contribution in [3.05, 3.63) is 39.5 Å². The molecule has 0 aliphatic heterocycles. The second kappa shape index (κ2) is 6.85. The molecule has 3 aromatic rings. The van der Waals surface area contributed by atoms with Crippen LogP contribution in [0.3, 0.4) is 0 Å².